The standard InChI is InChI=1S/C8H15N3O3/c1-11(3-7(12)5-13-2)4-8-9-6-10-14-8/h6-7,12H,3-5H2,1-2H3. The SMILES string of the molecule is COCC(O)CN(C)Cc1ncno1. The van der Waals surface area contributed by atoms with Crippen molar-refractivity contribution < 1.29 is 14.4 Å². The normalized spacial score (nSPS) is 13.4. The lowest BCUT2D eigenvalue weighted by Crippen LogP contribution is -2.31. The quantitative estimate of drug-likeness (QED) is 0.669. The second-order valence-electron chi connectivity index (χ2n) is 3.14. The molecule has 0 amide bonds. The lowest BCUT2D eigenvalue weighted by Gasteiger charge is -2.17. The van der Waals surface area contributed by atoms with Gasteiger partial charge in [0.15, 0.2) is 6.33 Å². The number of aromatic nitrogens is 2. The van der Waals surface area contributed by atoms with Gasteiger partial charge >= 0.3 is 0 Å². The van der Waals surface area contributed by atoms with Crippen LogP contribution in [-0.4, -0.2) is 53.6 Å². The predicted octanol–water partition coefficient (Wildman–Crippen LogP) is -0.491. The second-order valence-corrected chi connectivity index (χ2v) is 3.14. The van der Waals surface area contributed by atoms with Gasteiger partial charge in [0, 0.05) is 13.7 Å². The van der Waals surface area contributed by atoms with Gasteiger partial charge in [0.25, 0.3) is 0 Å². The van der Waals surface area contributed by atoms with E-state index in [9.17, 15) is 5.11 Å². The van der Waals surface area contributed by atoms with Gasteiger partial charge in [-0.05, 0) is 7.05 Å². The van der Waals surface area contributed by atoms with Crippen LogP contribution in [0.25, 0.3) is 0 Å². The first-order chi connectivity index (χ1) is 6.72. The molecule has 0 spiro atoms. The van der Waals surface area contributed by atoms with Crippen molar-refractivity contribution in [2.24, 2.45) is 0 Å². The molecule has 1 heterocycles. The summed E-state index contributed by atoms with van der Waals surface area (Å²) in [5.74, 6) is 0.539. The highest BCUT2D eigenvalue weighted by Crippen LogP contribution is 1.98. The molecule has 0 aliphatic rings. The Hall–Kier alpha value is -0.980. The van der Waals surface area contributed by atoms with Gasteiger partial charge in [-0.3, -0.25) is 4.90 Å². The minimum atomic E-state index is -0.493. The summed E-state index contributed by atoms with van der Waals surface area (Å²) in [4.78, 5) is 5.76. The van der Waals surface area contributed by atoms with Crippen LogP contribution in [0.2, 0.25) is 0 Å². The molecule has 1 rings (SSSR count). The van der Waals surface area contributed by atoms with Crippen LogP contribution in [0.4, 0.5) is 0 Å². The summed E-state index contributed by atoms with van der Waals surface area (Å²) in [5.41, 5.74) is 0. The number of likely N-dealkylation sites (N-methyl/N-ethyl adjacent to an activating group) is 1. The lowest BCUT2D eigenvalue weighted by atomic mass is 10.3. The summed E-state index contributed by atoms with van der Waals surface area (Å²) in [6, 6.07) is 0. The van der Waals surface area contributed by atoms with Crippen LogP contribution >= 0.6 is 0 Å². The Labute approximate surface area is 82.5 Å². The van der Waals surface area contributed by atoms with E-state index in [2.05, 4.69) is 10.1 Å². The highest BCUT2D eigenvalue weighted by Gasteiger charge is 2.10. The van der Waals surface area contributed by atoms with Crippen LogP contribution in [-0.2, 0) is 11.3 Å². The Bertz CT molecular complexity index is 240. The van der Waals surface area contributed by atoms with Gasteiger partial charge in [-0.15, -0.1) is 0 Å². The van der Waals surface area contributed by atoms with E-state index in [0.717, 1.165) is 0 Å². The molecule has 1 aromatic rings. The Balaban J connectivity index is 2.25. The first-order valence-electron chi connectivity index (χ1n) is 4.33. The molecule has 0 aromatic carbocycles. The van der Waals surface area contributed by atoms with E-state index in [-0.39, 0.29) is 0 Å². The minimum absolute atomic E-state index is 0.328. The first-order valence-corrected chi connectivity index (χ1v) is 4.33. The van der Waals surface area contributed by atoms with E-state index in [1.807, 2.05) is 11.9 Å². The first kappa shape index (κ1) is 11.1. The van der Waals surface area contributed by atoms with E-state index in [0.29, 0.717) is 25.6 Å². The molecule has 1 atom stereocenters. The summed E-state index contributed by atoms with van der Waals surface area (Å²) >= 11 is 0. The maximum atomic E-state index is 9.41. The molecule has 0 bridgehead atoms. The average molecular weight is 201 g/mol. The number of hydrogen-bond acceptors (Lipinski definition) is 6. The average Bonchev–Trinajstić information content (AvgIpc) is 2.56. The van der Waals surface area contributed by atoms with Crippen molar-refractivity contribution in [3.8, 4) is 0 Å². The Morgan fingerprint density at radius 1 is 1.71 bits per heavy atom. The van der Waals surface area contributed by atoms with Gasteiger partial charge in [-0.25, -0.2) is 0 Å². The molecule has 6 heteroatoms. The molecule has 80 valence electrons. The van der Waals surface area contributed by atoms with Crippen molar-refractivity contribution in [3.63, 3.8) is 0 Å². The summed E-state index contributed by atoms with van der Waals surface area (Å²) < 4.78 is 9.64. The van der Waals surface area contributed by atoms with Gasteiger partial charge < -0.3 is 14.4 Å². The van der Waals surface area contributed by atoms with Gasteiger partial charge in [-0.2, -0.15) is 4.98 Å². The molecular formula is C8H15N3O3. The summed E-state index contributed by atoms with van der Waals surface area (Å²) in [7, 11) is 3.42. The molecule has 14 heavy (non-hydrogen) atoms. The van der Waals surface area contributed by atoms with E-state index >= 15 is 0 Å². The lowest BCUT2D eigenvalue weighted by molar-refractivity contribution is 0.0400. The fourth-order valence-corrected chi connectivity index (χ4v) is 1.17. The Kier molecular flexibility index (Phi) is 4.51. The molecule has 0 aliphatic carbocycles. The fraction of sp³-hybridized carbons (Fsp3) is 0.750. The van der Waals surface area contributed by atoms with Crippen molar-refractivity contribution in [1.29, 1.82) is 0 Å². The number of methoxy groups -OCH3 is 1. The summed E-state index contributed by atoms with van der Waals surface area (Å²) in [6.07, 6.45) is 0.863. The number of hydrogen-bond donors (Lipinski definition) is 1. The molecule has 1 unspecified atom stereocenters. The van der Waals surface area contributed by atoms with Crippen LogP contribution in [0.1, 0.15) is 5.89 Å². The third kappa shape index (κ3) is 3.82. The zero-order chi connectivity index (χ0) is 10.4. The molecule has 0 saturated heterocycles. The van der Waals surface area contributed by atoms with Crippen molar-refractivity contribution >= 4 is 0 Å². The Morgan fingerprint density at radius 3 is 3.07 bits per heavy atom. The van der Waals surface area contributed by atoms with Crippen LogP contribution in [0, 0.1) is 0 Å². The summed E-state index contributed by atoms with van der Waals surface area (Å²) in [5, 5.41) is 12.9. The molecule has 0 aliphatic heterocycles. The predicted molar refractivity (Wildman–Crippen MR) is 48.5 cm³/mol. The number of nitrogens with zero attached hydrogens (tertiary/aromatic N) is 3. The number of aliphatic hydroxyl groups excluding tert-OH is 1. The third-order valence-corrected chi connectivity index (χ3v) is 1.69. The van der Waals surface area contributed by atoms with Crippen LogP contribution in [0.15, 0.2) is 10.9 Å². The number of rotatable bonds is 6. The van der Waals surface area contributed by atoms with Gasteiger partial charge in [0.2, 0.25) is 5.89 Å². The van der Waals surface area contributed by atoms with E-state index in [4.69, 9.17) is 9.26 Å². The van der Waals surface area contributed by atoms with Crippen LogP contribution in [0.3, 0.4) is 0 Å². The van der Waals surface area contributed by atoms with Crippen LogP contribution in [0.5, 0.6) is 0 Å². The molecule has 1 N–H and O–H groups in total. The zero-order valence-electron chi connectivity index (χ0n) is 8.38. The minimum Gasteiger partial charge on any atom is -0.389 e. The Morgan fingerprint density at radius 2 is 2.50 bits per heavy atom. The molecule has 0 radical (unpaired) electrons. The van der Waals surface area contributed by atoms with Gasteiger partial charge in [0.1, 0.15) is 0 Å². The number of aliphatic hydroxyl groups is 1. The fourth-order valence-electron chi connectivity index (χ4n) is 1.17. The zero-order valence-corrected chi connectivity index (χ0v) is 8.38. The monoisotopic (exact) mass is 201 g/mol. The van der Waals surface area contributed by atoms with E-state index < -0.39 is 6.10 Å². The third-order valence-electron chi connectivity index (χ3n) is 1.69. The van der Waals surface area contributed by atoms with E-state index in [1.54, 1.807) is 7.11 Å². The molecule has 6 nitrogen and oxygen atoms in total. The molecule has 1 aromatic heterocycles. The van der Waals surface area contributed by atoms with Gasteiger partial charge in [-0.1, -0.05) is 5.16 Å². The number of ether oxygens (including phenoxy) is 1. The topological polar surface area (TPSA) is 71.6 Å². The highest BCUT2D eigenvalue weighted by atomic mass is 16.5. The maximum Gasteiger partial charge on any atom is 0.240 e. The van der Waals surface area contributed by atoms with Crippen molar-refractivity contribution in [2.45, 2.75) is 12.6 Å². The van der Waals surface area contributed by atoms with Crippen molar-refractivity contribution in [1.82, 2.24) is 15.0 Å². The van der Waals surface area contributed by atoms with Crippen LogP contribution < -0.4 is 0 Å². The van der Waals surface area contributed by atoms with E-state index in [1.165, 1.54) is 6.33 Å². The smallest absolute Gasteiger partial charge is 0.240 e. The second kappa shape index (κ2) is 5.69. The maximum absolute atomic E-state index is 9.41. The van der Waals surface area contributed by atoms with Crippen molar-refractivity contribution in [2.75, 3.05) is 27.3 Å². The van der Waals surface area contributed by atoms with Crippen molar-refractivity contribution in [3.05, 3.63) is 12.2 Å². The largest absolute Gasteiger partial charge is 0.389 e. The molecule has 0 fully saturated rings. The molecular weight excluding hydrogens is 186 g/mol. The molecule has 0 saturated carbocycles. The highest BCUT2D eigenvalue weighted by molar-refractivity contribution is 4.74. The summed E-state index contributed by atoms with van der Waals surface area (Å²) in [6.45, 7) is 1.37. The van der Waals surface area contributed by atoms with Gasteiger partial charge in [0.05, 0.1) is 19.3 Å².